The Morgan fingerprint density at radius 2 is 2.04 bits per heavy atom. The first-order valence-electron chi connectivity index (χ1n) is 8.93. The lowest BCUT2D eigenvalue weighted by Crippen LogP contribution is -2.31. The number of nitrogens with zero attached hydrogens (tertiary/aromatic N) is 2. The molecule has 150 valence electrons. The highest BCUT2D eigenvalue weighted by Crippen LogP contribution is 2.16. The second kappa shape index (κ2) is 12.3. The Balaban J connectivity index is 0.00000182. The molecule has 1 unspecified atom stereocenters. The van der Waals surface area contributed by atoms with Crippen molar-refractivity contribution in [3.05, 3.63) is 52.0 Å². The smallest absolute Gasteiger partial charge is 0.270 e. The zero-order valence-corrected chi connectivity index (χ0v) is 17.8. The highest BCUT2D eigenvalue weighted by molar-refractivity contribution is 7.09. The Hall–Kier alpha value is -1.18. The molecule has 1 amide bonds. The molecule has 3 N–H and O–H groups in total. The summed E-state index contributed by atoms with van der Waals surface area (Å²) in [6.45, 7) is 4.55. The molecule has 0 radical (unpaired) electrons. The van der Waals surface area contributed by atoms with Crippen molar-refractivity contribution in [3.8, 4) is 0 Å². The molecular weight excluding hydrogens is 403 g/mol. The quantitative estimate of drug-likeness (QED) is 0.675. The molecule has 0 saturated carbocycles. The van der Waals surface area contributed by atoms with Crippen LogP contribution in [-0.4, -0.2) is 48.5 Å². The number of likely N-dealkylation sites (tertiary alicyclic amines) is 1. The van der Waals surface area contributed by atoms with Gasteiger partial charge < -0.3 is 16.0 Å². The third kappa shape index (κ3) is 7.39. The number of carbonyl (C=O) groups excluding carboxylic acids is 1. The van der Waals surface area contributed by atoms with E-state index in [0.717, 1.165) is 50.4 Å². The van der Waals surface area contributed by atoms with Crippen molar-refractivity contribution in [2.45, 2.75) is 19.3 Å². The zero-order chi connectivity index (χ0) is 17.5. The summed E-state index contributed by atoms with van der Waals surface area (Å²) in [5, 5.41) is 5.79. The van der Waals surface area contributed by atoms with E-state index < -0.39 is 0 Å². The van der Waals surface area contributed by atoms with Gasteiger partial charge in [0.15, 0.2) is 0 Å². The van der Waals surface area contributed by atoms with Crippen LogP contribution in [0.25, 0.3) is 0 Å². The van der Waals surface area contributed by atoms with Gasteiger partial charge in [0, 0.05) is 31.4 Å². The third-order valence-corrected chi connectivity index (χ3v) is 5.53. The number of nitrogens with two attached hydrogens (primary N) is 1. The topological polar surface area (TPSA) is 71.2 Å². The van der Waals surface area contributed by atoms with Gasteiger partial charge in [-0.05, 0) is 37.4 Å². The molecule has 0 aliphatic carbocycles. The molecule has 2 heterocycles. The lowest BCUT2D eigenvalue weighted by Gasteiger charge is -2.16. The van der Waals surface area contributed by atoms with Gasteiger partial charge in [0.2, 0.25) is 0 Å². The number of amides is 1. The number of carbonyl (C=O) groups is 1. The maximum Gasteiger partial charge on any atom is 0.270 e. The van der Waals surface area contributed by atoms with Gasteiger partial charge in [0.1, 0.15) is 5.69 Å². The van der Waals surface area contributed by atoms with Crippen LogP contribution in [0, 0.1) is 5.92 Å². The number of nitrogens with one attached hydrogen (secondary N) is 1. The average Bonchev–Trinajstić information content (AvgIpc) is 3.29. The molecule has 1 aromatic heterocycles. The number of aromatic nitrogens is 1. The molecule has 1 saturated heterocycles. The molecule has 1 aliphatic heterocycles. The van der Waals surface area contributed by atoms with Crippen LogP contribution in [0.5, 0.6) is 0 Å². The summed E-state index contributed by atoms with van der Waals surface area (Å²) in [5.41, 5.74) is 7.43. The monoisotopic (exact) mass is 430 g/mol. The first-order chi connectivity index (χ1) is 12.2. The molecule has 1 atom stereocenters. The summed E-state index contributed by atoms with van der Waals surface area (Å²) in [7, 11) is 0. The third-order valence-electron chi connectivity index (χ3n) is 4.62. The van der Waals surface area contributed by atoms with Gasteiger partial charge in [0.25, 0.3) is 5.91 Å². The Morgan fingerprint density at radius 3 is 2.78 bits per heavy atom. The lowest BCUT2D eigenvalue weighted by molar-refractivity contribution is 0.0943. The summed E-state index contributed by atoms with van der Waals surface area (Å²) in [6.07, 6.45) is 2.96. The van der Waals surface area contributed by atoms with Crippen LogP contribution in [0.15, 0.2) is 35.7 Å². The fourth-order valence-corrected chi connectivity index (χ4v) is 3.99. The maximum atomic E-state index is 12.2. The number of hydrogen-bond donors (Lipinski definition) is 2. The predicted molar refractivity (Wildman–Crippen MR) is 116 cm³/mol. The molecule has 1 fully saturated rings. The summed E-state index contributed by atoms with van der Waals surface area (Å²) < 4.78 is 0. The van der Waals surface area contributed by atoms with Crippen LogP contribution in [-0.2, 0) is 12.8 Å². The van der Waals surface area contributed by atoms with Crippen LogP contribution >= 0.6 is 36.2 Å². The van der Waals surface area contributed by atoms with Gasteiger partial charge in [0.05, 0.1) is 5.01 Å². The Labute approximate surface area is 177 Å². The Bertz CT molecular complexity index is 683. The van der Waals surface area contributed by atoms with Crippen LogP contribution in [0.4, 0.5) is 0 Å². The van der Waals surface area contributed by atoms with E-state index in [0.29, 0.717) is 18.2 Å². The van der Waals surface area contributed by atoms with Gasteiger partial charge in [-0.25, -0.2) is 4.98 Å². The summed E-state index contributed by atoms with van der Waals surface area (Å²) in [5.74, 6) is 0.462. The van der Waals surface area contributed by atoms with Crippen molar-refractivity contribution in [3.63, 3.8) is 0 Å². The van der Waals surface area contributed by atoms with Crippen molar-refractivity contribution in [1.82, 2.24) is 15.2 Å². The van der Waals surface area contributed by atoms with Crippen molar-refractivity contribution < 1.29 is 4.79 Å². The SMILES string of the molecule is Cl.Cl.NCCc1nc(C(=O)NCC2CCN(CCc3ccccc3)C2)cs1. The van der Waals surface area contributed by atoms with E-state index >= 15 is 0 Å². The highest BCUT2D eigenvalue weighted by Gasteiger charge is 2.23. The molecule has 0 spiro atoms. The molecule has 1 aromatic carbocycles. The molecule has 0 bridgehead atoms. The second-order valence-corrected chi connectivity index (χ2v) is 7.51. The minimum atomic E-state index is -0.0674. The van der Waals surface area contributed by atoms with E-state index in [9.17, 15) is 4.79 Å². The van der Waals surface area contributed by atoms with Gasteiger partial charge >= 0.3 is 0 Å². The number of thiazole rings is 1. The van der Waals surface area contributed by atoms with E-state index in [-0.39, 0.29) is 30.7 Å². The van der Waals surface area contributed by atoms with Crippen LogP contribution in [0.1, 0.15) is 27.5 Å². The fourth-order valence-electron chi connectivity index (χ4n) is 3.20. The number of rotatable bonds is 8. The van der Waals surface area contributed by atoms with E-state index in [1.165, 1.54) is 16.9 Å². The van der Waals surface area contributed by atoms with Gasteiger partial charge in [-0.1, -0.05) is 30.3 Å². The Kier molecular flexibility index (Phi) is 10.9. The van der Waals surface area contributed by atoms with Crippen LogP contribution in [0.2, 0.25) is 0 Å². The van der Waals surface area contributed by atoms with E-state index in [1.54, 1.807) is 0 Å². The minimum Gasteiger partial charge on any atom is -0.350 e. The summed E-state index contributed by atoms with van der Waals surface area (Å²) >= 11 is 1.51. The summed E-state index contributed by atoms with van der Waals surface area (Å²) in [4.78, 5) is 19.0. The normalized spacial score (nSPS) is 16.4. The lowest BCUT2D eigenvalue weighted by atomic mass is 10.1. The predicted octanol–water partition coefficient (Wildman–Crippen LogP) is 2.78. The average molecular weight is 431 g/mol. The minimum absolute atomic E-state index is 0. The van der Waals surface area contributed by atoms with Crippen molar-refractivity contribution in [2.24, 2.45) is 11.7 Å². The van der Waals surface area contributed by atoms with Gasteiger partial charge in [-0.3, -0.25) is 4.79 Å². The molecule has 27 heavy (non-hydrogen) atoms. The standard InChI is InChI=1S/C19H26N4OS.2ClH/c20-9-6-18-22-17(14-25-18)19(24)21-12-16-8-11-23(13-16)10-7-15-4-2-1-3-5-15;;/h1-5,14,16H,6-13,20H2,(H,21,24);2*1H. The van der Waals surface area contributed by atoms with Crippen molar-refractivity contribution in [2.75, 3.05) is 32.7 Å². The molecule has 3 rings (SSSR count). The molecule has 1 aliphatic rings. The summed E-state index contributed by atoms with van der Waals surface area (Å²) in [6, 6.07) is 10.6. The first kappa shape index (κ1) is 23.9. The van der Waals surface area contributed by atoms with Gasteiger partial charge in [-0.15, -0.1) is 36.2 Å². The fraction of sp³-hybridized carbons (Fsp3) is 0.474. The maximum absolute atomic E-state index is 12.2. The van der Waals surface area contributed by atoms with E-state index in [2.05, 4.69) is 45.5 Å². The van der Waals surface area contributed by atoms with Crippen molar-refractivity contribution >= 4 is 42.1 Å². The van der Waals surface area contributed by atoms with Gasteiger partial charge in [-0.2, -0.15) is 0 Å². The van der Waals surface area contributed by atoms with Crippen molar-refractivity contribution in [1.29, 1.82) is 0 Å². The van der Waals surface area contributed by atoms with Crippen LogP contribution < -0.4 is 11.1 Å². The molecule has 2 aromatic rings. The number of benzene rings is 1. The van der Waals surface area contributed by atoms with E-state index in [4.69, 9.17) is 5.73 Å². The molecule has 8 heteroatoms. The molecular formula is C19H28Cl2N4OS. The van der Waals surface area contributed by atoms with Crippen LogP contribution in [0.3, 0.4) is 0 Å². The van der Waals surface area contributed by atoms with E-state index in [1.807, 2.05) is 5.38 Å². The Morgan fingerprint density at radius 1 is 1.26 bits per heavy atom. The highest BCUT2D eigenvalue weighted by atomic mass is 35.5. The largest absolute Gasteiger partial charge is 0.350 e. The number of hydrogen-bond acceptors (Lipinski definition) is 5. The molecule has 5 nitrogen and oxygen atoms in total. The second-order valence-electron chi connectivity index (χ2n) is 6.57. The number of halogens is 2. The zero-order valence-electron chi connectivity index (χ0n) is 15.3. The first-order valence-corrected chi connectivity index (χ1v) is 9.81.